The second kappa shape index (κ2) is 9.00. The summed E-state index contributed by atoms with van der Waals surface area (Å²) in [5.74, 6) is -0.875. The van der Waals surface area contributed by atoms with Gasteiger partial charge in [-0.3, -0.25) is 9.69 Å². The van der Waals surface area contributed by atoms with Gasteiger partial charge in [0, 0.05) is 19.6 Å². The second-order valence-electron chi connectivity index (χ2n) is 7.12. The third-order valence-electron chi connectivity index (χ3n) is 4.43. The number of urea groups is 1. The summed E-state index contributed by atoms with van der Waals surface area (Å²) in [6.07, 6.45) is -0.185. The van der Waals surface area contributed by atoms with E-state index < -0.39 is 5.97 Å². The Morgan fingerprint density at radius 2 is 2.00 bits per heavy atom. The normalized spacial score (nSPS) is 18.7. The van der Waals surface area contributed by atoms with Gasteiger partial charge in [-0.05, 0) is 33.4 Å². The number of benzene rings is 1. The van der Waals surface area contributed by atoms with Crippen LogP contribution in [0, 0.1) is 13.8 Å². The third-order valence-corrected chi connectivity index (χ3v) is 4.43. The van der Waals surface area contributed by atoms with Gasteiger partial charge in [-0.2, -0.15) is 0 Å². The van der Waals surface area contributed by atoms with E-state index in [1.165, 1.54) is 11.1 Å². The molecule has 0 aromatic heterocycles. The SMILES string of the molecule is Cc1cc(C)cc(C(C)NC(=O)N2CCOC(CN(C)CC(=O)O)C2)c1. The molecule has 1 aliphatic rings. The number of carboxylic acid groups (broad SMARTS) is 1. The van der Waals surface area contributed by atoms with Gasteiger partial charge in [-0.25, -0.2) is 4.79 Å². The van der Waals surface area contributed by atoms with Crippen molar-refractivity contribution in [1.29, 1.82) is 0 Å². The number of nitrogens with zero attached hydrogens (tertiary/aromatic N) is 2. The topological polar surface area (TPSA) is 82.1 Å². The van der Waals surface area contributed by atoms with Crippen molar-refractivity contribution in [2.24, 2.45) is 0 Å². The molecule has 0 spiro atoms. The Kier molecular flexibility index (Phi) is 6.99. The fraction of sp³-hybridized carbons (Fsp3) is 0.579. The number of carbonyl (C=O) groups excluding carboxylic acids is 1. The lowest BCUT2D eigenvalue weighted by Gasteiger charge is -2.35. The Balaban J connectivity index is 1.90. The highest BCUT2D eigenvalue weighted by Gasteiger charge is 2.26. The molecular weight excluding hydrogens is 334 g/mol. The number of ether oxygens (including phenoxy) is 1. The summed E-state index contributed by atoms with van der Waals surface area (Å²) in [6.45, 7) is 7.94. The highest BCUT2D eigenvalue weighted by Crippen LogP contribution is 2.17. The minimum absolute atomic E-state index is 0.0458. The fourth-order valence-electron chi connectivity index (χ4n) is 3.28. The van der Waals surface area contributed by atoms with Crippen molar-refractivity contribution < 1.29 is 19.4 Å². The van der Waals surface area contributed by atoms with E-state index in [9.17, 15) is 9.59 Å². The Morgan fingerprint density at radius 3 is 2.62 bits per heavy atom. The summed E-state index contributed by atoms with van der Waals surface area (Å²) < 4.78 is 5.68. The number of rotatable bonds is 6. The number of morpholine rings is 1. The molecule has 0 bridgehead atoms. The molecule has 144 valence electrons. The molecule has 1 saturated heterocycles. The van der Waals surface area contributed by atoms with Crippen LogP contribution in [0.1, 0.15) is 29.7 Å². The molecule has 7 nitrogen and oxygen atoms in total. The van der Waals surface area contributed by atoms with Crippen LogP contribution in [-0.2, 0) is 9.53 Å². The summed E-state index contributed by atoms with van der Waals surface area (Å²) in [6, 6.07) is 6.07. The highest BCUT2D eigenvalue weighted by atomic mass is 16.5. The van der Waals surface area contributed by atoms with E-state index in [0.717, 1.165) is 5.56 Å². The van der Waals surface area contributed by atoms with Crippen LogP contribution in [0.2, 0.25) is 0 Å². The average Bonchev–Trinajstić information content (AvgIpc) is 2.53. The molecule has 0 radical (unpaired) electrons. The van der Waals surface area contributed by atoms with Crippen molar-refractivity contribution in [2.75, 3.05) is 39.8 Å². The molecule has 2 amide bonds. The Labute approximate surface area is 154 Å². The van der Waals surface area contributed by atoms with Crippen molar-refractivity contribution >= 4 is 12.0 Å². The van der Waals surface area contributed by atoms with E-state index in [1.807, 2.05) is 20.8 Å². The van der Waals surface area contributed by atoms with Crippen LogP contribution >= 0.6 is 0 Å². The molecule has 1 aliphatic heterocycles. The number of aryl methyl sites for hydroxylation is 2. The first kappa shape index (κ1) is 20.2. The van der Waals surface area contributed by atoms with Gasteiger partial charge < -0.3 is 20.1 Å². The largest absolute Gasteiger partial charge is 0.480 e. The lowest BCUT2D eigenvalue weighted by molar-refractivity contribution is -0.138. The maximum atomic E-state index is 12.6. The zero-order valence-electron chi connectivity index (χ0n) is 16.0. The summed E-state index contributed by atoms with van der Waals surface area (Å²) in [7, 11) is 1.73. The average molecular weight is 363 g/mol. The van der Waals surface area contributed by atoms with Crippen LogP contribution in [0.15, 0.2) is 18.2 Å². The van der Waals surface area contributed by atoms with Gasteiger partial charge in [0.2, 0.25) is 0 Å². The van der Waals surface area contributed by atoms with Crippen molar-refractivity contribution in [3.05, 3.63) is 34.9 Å². The van der Waals surface area contributed by atoms with E-state index in [-0.39, 0.29) is 24.7 Å². The van der Waals surface area contributed by atoms with Gasteiger partial charge in [-0.15, -0.1) is 0 Å². The molecule has 1 aromatic rings. The smallest absolute Gasteiger partial charge is 0.318 e. The second-order valence-corrected chi connectivity index (χ2v) is 7.12. The molecule has 2 atom stereocenters. The maximum Gasteiger partial charge on any atom is 0.318 e. The third kappa shape index (κ3) is 6.00. The first-order valence-corrected chi connectivity index (χ1v) is 8.90. The predicted octanol–water partition coefficient (Wildman–Crippen LogP) is 1.79. The monoisotopic (exact) mass is 363 g/mol. The van der Waals surface area contributed by atoms with E-state index in [0.29, 0.717) is 26.2 Å². The van der Waals surface area contributed by atoms with Gasteiger partial charge in [0.05, 0.1) is 25.3 Å². The number of aliphatic carboxylic acids is 1. The molecule has 1 heterocycles. The molecule has 1 aromatic carbocycles. The molecule has 0 saturated carbocycles. The zero-order chi connectivity index (χ0) is 19.3. The minimum atomic E-state index is -0.875. The zero-order valence-corrected chi connectivity index (χ0v) is 16.0. The van der Waals surface area contributed by atoms with E-state index >= 15 is 0 Å². The fourth-order valence-corrected chi connectivity index (χ4v) is 3.28. The number of carbonyl (C=O) groups is 2. The number of hydrogen-bond acceptors (Lipinski definition) is 4. The standard InChI is InChI=1S/C19H29N3O4/c1-13-7-14(2)9-16(8-13)15(3)20-19(25)22-5-6-26-17(11-22)10-21(4)12-18(23)24/h7-9,15,17H,5-6,10-12H2,1-4H3,(H,20,25)(H,23,24). The van der Waals surface area contributed by atoms with Gasteiger partial charge in [0.15, 0.2) is 0 Å². The Morgan fingerprint density at radius 1 is 1.35 bits per heavy atom. The lowest BCUT2D eigenvalue weighted by Crippen LogP contribution is -2.52. The van der Waals surface area contributed by atoms with Crippen molar-refractivity contribution in [3.63, 3.8) is 0 Å². The first-order valence-electron chi connectivity index (χ1n) is 8.90. The number of carboxylic acids is 1. The number of amides is 2. The highest BCUT2D eigenvalue weighted by molar-refractivity contribution is 5.75. The van der Waals surface area contributed by atoms with Crippen LogP contribution in [0.3, 0.4) is 0 Å². The number of nitrogens with one attached hydrogen (secondary N) is 1. The van der Waals surface area contributed by atoms with Crippen molar-refractivity contribution in [3.8, 4) is 0 Å². The number of hydrogen-bond donors (Lipinski definition) is 2. The number of likely N-dealkylation sites (N-methyl/N-ethyl adjacent to an activating group) is 1. The molecule has 2 unspecified atom stereocenters. The van der Waals surface area contributed by atoms with Gasteiger partial charge in [-0.1, -0.05) is 29.3 Å². The van der Waals surface area contributed by atoms with Crippen LogP contribution in [-0.4, -0.2) is 72.8 Å². The molecule has 7 heteroatoms. The van der Waals surface area contributed by atoms with Crippen molar-refractivity contribution in [1.82, 2.24) is 15.1 Å². The molecule has 26 heavy (non-hydrogen) atoms. The summed E-state index contributed by atoms with van der Waals surface area (Å²) in [5.41, 5.74) is 3.44. The first-order chi connectivity index (χ1) is 12.2. The lowest BCUT2D eigenvalue weighted by atomic mass is 10.0. The van der Waals surface area contributed by atoms with Crippen molar-refractivity contribution in [2.45, 2.75) is 32.9 Å². The predicted molar refractivity (Wildman–Crippen MR) is 99.3 cm³/mol. The van der Waals surface area contributed by atoms with Gasteiger partial charge in [0.25, 0.3) is 0 Å². The Bertz CT molecular complexity index is 629. The summed E-state index contributed by atoms with van der Waals surface area (Å²) in [4.78, 5) is 26.8. The quantitative estimate of drug-likeness (QED) is 0.805. The van der Waals surface area contributed by atoms with E-state index in [1.54, 1.807) is 16.8 Å². The summed E-state index contributed by atoms with van der Waals surface area (Å²) in [5, 5.41) is 11.9. The molecule has 1 fully saturated rings. The van der Waals surface area contributed by atoms with Crippen LogP contribution in [0.25, 0.3) is 0 Å². The van der Waals surface area contributed by atoms with Crippen LogP contribution < -0.4 is 5.32 Å². The van der Waals surface area contributed by atoms with Gasteiger partial charge in [0.1, 0.15) is 0 Å². The molecule has 2 rings (SSSR count). The molecule has 0 aliphatic carbocycles. The molecule has 2 N–H and O–H groups in total. The van der Waals surface area contributed by atoms with Crippen LogP contribution in [0.5, 0.6) is 0 Å². The Hall–Kier alpha value is -2.12. The van der Waals surface area contributed by atoms with Crippen LogP contribution in [0.4, 0.5) is 4.79 Å². The van der Waals surface area contributed by atoms with E-state index in [4.69, 9.17) is 9.84 Å². The maximum absolute atomic E-state index is 12.6. The molecular formula is C19H29N3O4. The van der Waals surface area contributed by atoms with Gasteiger partial charge >= 0.3 is 12.0 Å². The summed E-state index contributed by atoms with van der Waals surface area (Å²) >= 11 is 0. The minimum Gasteiger partial charge on any atom is -0.480 e. The van der Waals surface area contributed by atoms with E-state index in [2.05, 4.69) is 23.5 Å².